The zero-order chi connectivity index (χ0) is 14.7. The lowest BCUT2D eigenvalue weighted by atomic mass is 9.85. The van der Waals surface area contributed by atoms with Gasteiger partial charge in [0.25, 0.3) is 0 Å². The van der Waals surface area contributed by atoms with E-state index in [-0.39, 0.29) is 0 Å². The number of piperidine rings is 1. The van der Waals surface area contributed by atoms with Crippen molar-refractivity contribution in [3.63, 3.8) is 0 Å². The fraction of sp³-hybridized carbons (Fsp3) is 0.684. The second-order valence-electron chi connectivity index (χ2n) is 7.10. The third-order valence-electron chi connectivity index (χ3n) is 5.44. The van der Waals surface area contributed by atoms with Crippen LogP contribution in [-0.2, 0) is 6.42 Å². The lowest BCUT2D eigenvalue weighted by molar-refractivity contribution is 0.269. The van der Waals surface area contributed by atoms with Crippen LogP contribution < -0.4 is 10.2 Å². The van der Waals surface area contributed by atoms with Crippen LogP contribution in [0.25, 0.3) is 0 Å². The molecule has 0 aliphatic carbocycles. The quantitative estimate of drug-likeness (QED) is 0.906. The number of nitrogens with one attached hydrogen (secondary N) is 1. The Morgan fingerprint density at radius 2 is 2.24 bits per heavy atom. The lowest BCUT2D eigenvalue weighted by Gasteiger charge is -2.34. The minimum atomic E-state index is 0.841. The summed E-state index contributed by atoms with van der Waals surface area (Å²) in [5.74, 6) is 1.73. The van der Waals surface area contributed by atoms with Crippen LogP contribution in [0, 0.1) is 18.8 Å². The Bertz CT molecular complexity index is 463. The fourth-order valence-electron chi connectivity index (χ4n) is 4.00. The molecule has 2 atom stereocenters. The Hall–Kier alpha value is -1.02. The van der Waals surface area contributed by atoms with Crippen molar-refractivity contribution >= 4 is 5.69 Å². The van der Waals surface area contributed by atoms with E-state index in [9.17, 15) is 0 Å². The van der Waals surface area contributed by atoms with E-state index in [2.05, 4.69) is 42.3 Å². The Morgan fingerprint density at radius 1 is 1.33 bits per heavy atom. The molecule has 2 heterocycles. The molecular weight excluding hydrogens is 256 g/mol. The summed E-state index contributed by atoms with van der Waals surface area (Å²) >= 11 is 0. The van der Waals surface area contributed by atoms with Crippen LogP contribution in [-0.4, -0.2) is 26.2 Å². The van der Waals surface area contributed by atoms with Gasteiger partial charge in [0, 0.05) is 18.8 Å². The average Bonchev–Trinajstić information content (AvgIpc) is 2.53. The molecule has 21 heavy (non-hydrogen) atoms. The van der Waals surface area contributed by atoms with E-state index in [0.717, 1.165) is 11.8 Å². The highest BCUT2D eigenvalue weighted by Crippen LogP contribution is 2.29. The second kappa shape index (κ2) is 6.83. The monoisotopic (exact) mass is 286 g/mol. The van der Waals surface area contributed by atoms with Gasteiger partial charge < -0.3 is 10.2 Å². The van der Waals surface area contributed by atoms with Crippen molar-refractivity contribution in [2.45, 2.75) is 46.0 Å². The minimum absolute atomic E-state index is 0.841. The maximum atomic E-state index is 3.56. The number of nitrogens with zero attached hydrogens (tertiary/aromatic N) is 1. The first-order chi connectivity index (χ1) is 10.2. The number of aryl methyl sites for hydroxylation is 2. The highest BCUT2D eigenvalue weighted by molar-refractivity contribution is 5.56. The highest BCUT2D eigenvalue weighted by Gasteiger charge is 2.22. The largest absolute Gasteiger partial charge is 0.371 e. The number of benzene rings is 1. The molecule has 1 aromatic carbocycles. The number of hydrogen-bond acceptors (Lipinski definition) is 2. The van der Waals surface area contributed by atoms with Crippen molar-refractivity contribution in [1.82, 2.24) is 5.32 Å². The van der Waals surface area contributed by atoms with E-state index in [1.165, 1.54) is 69.5 Å². The van der Waals surface area contributed by atoms with Crippen LogP contribution in [0.1, 0.15) is 43.7 Å². The van der Waals surface area contributed by atoms with Crippen molar-refractivity contribution in [3.8, 4) is 0 Å². The summed E-state index contributed by atoms with van der Waals surface area (Å²) in [6, 6.07) is 7.00. The Morgan fingerprint density at radius 3 is 3.05 bits per heavy atom. The van der Waals surface area contributed by atoms with E-state index >= 15 is 0 Å². The van der Waals surface area contributed by atoms with Crippen molar-refractivity contribution in [1.29, 1.82) is 0 Å². The molecule has 2 unspecified atom stereocenters. The number of fused-ring (bicyclic) bond motifs is 1. The van der Waals surface area contributed by atoms with Gasteiger partial charge in [-0.05, 0) is 75.6 Å². The lowest BCUT2D eigenvalue weighted by Crippen LogP contribution is -2.36. The molecule has 3 rings (SSSR count). The van der Waals surface area contributed by atoms with Gasteiger partial charge in [-0.15, -0.1) is 0 Å². The molecule has 1 fully saturated rings. The topological polar surface area (TPSA) is 15.3 Å². The Kier molecular flexibility index (Phi) is 4.84. The molecule has 0 amide bonds. The van der Waals surface area contributed by atoms with E-state index in [1.807, 2.05) is 0 Å². The Balaban J connectivity index is 1.58. The summed E-state index contributed by atoms with van der Waals surface area (Å²) in [6.07, 6.45) is 6.69. The van der Waals surface area contributed by atoms with Gasteiger partial charge in [-0.25, -0.2) is 0 Å². The second-order valence-corrected chi connectivity index (χ2v) is 7.10. The molecule has 116 valence electrons. The zero-order valence-corrected chi connectivity index (χ0v) is 13.7. The van der Waals surface area contributed by atoms with Gasteiger partial charge in [0.05, 0.1) is 0 Å². The molecule has 2 aliphatic heterocycles. The summed E-state index contributed by atoms with van der Waals surface area (Å²) in [6.45, 7) is 9.59. The molecular formula is C19H30N2. The van der Waals surface area contributed by atoms with Gasteiger partial charge in [0.15, 0.2) is 0 Å². The highest BCUT2D eigenvalue weighted by atomic mass is 15.1. The average molecular weight is 286 g/mol. The third kappa shape index (κ3) is 3.60. The van der Waals surface area contributed by atoms with E-state index in [1.54, 1.807) is 5.56 Å². The van der Waals surface area contributed by atoms with E-state index in [0.29, 0.717) is 0 Å². The minimum Gasteiger partial charge on any atom is -0.371 e. The zero-order valence-electron chi connectivity index (χ0n) is 13.7. The summed E-state index contributed by atoms with van der Waals surface area (Å²) in [4.78, 5) is 2.63. The van der Waals surface area contributed by atoms with Crippen LogP contribution in [0.3, 0.4) is 0 Å². The molecule has 1 aromatic rings. The first kappa shape index (κ1) is 14.9. The Labute approximate surface area is 129 Å². The molecule has 1 saturated heterocycles. The maximum absolute atomic E-state index is 3.56. The van der Waals surface area contributed by atoms with Gasteiger partial charge in [-0.2, -0.15) is 0 Å². The predicted molar refractivity (Wildman–Crippen MR) is 91.1 cm³/mol. The molecule has 1 N–H and O–H groups in total. The standard InChI is InChI=1S/C19H30N2/c1-15-7-8-19-17(13-15)6-4-11-21(19)12-9-16(2)18-5-3-10-20-14-18/h7-8,13,16,18,20H,3-6,9-12,14H2,1-2H3. The smallest absolute Gasteiger partial charge is 0.0398 e. The molecule has 0 spiro atoms. The summed E-state index contributed by atoms with van der Waals surface area (Å²) in [5.41, 5.74) is 4.46. The molecule has 2 nitrogen and oxygen atoms in total. The molecule has 0 aromatic heterocycles. The number of rotatable bonds is 4. The van der Waals surface area contributed by atoms with E-state index in [4.69, 9.17) is 0 Å². The molecule has 0 bridgehead atoms. The third-order valence-corrected chi connectivity index (χ3v) is 5.44. The SMILES string of the molecule is Cc1ccc2c(c1)CCCN2CCC(C)C1CCCNC1. The molecule has 0 radical (unpaired) electrons. The molecule has 2 aliphatic rings. The maximum Gasteiger partial charge on any atom is 0.0398 e. The number of hydrogen-bond donors (Lipinski definition) is 1. The van der Waals surface area contributed by atoms with Crippen molar-refractivity contribution in [2.24, 2.45) is 11.8 Å². The molecule has 0 saturated carbocycles. The predicted octanol–water partition coefficient (Wildman–Crippen LogP) is 3.77. The van der Waals surface area contributed by atoms with Crippen LogP contribution in [0.5, 0.6) is 0 Å². The van der Waals surface area contributed by atoms with Crippen molar-refractivity contribution < 1.29 is 0 Å². The normalized spacial score (nSPS) is 23.7. The van der Waals surface area contributed by atoms with Crippen LogP contribution >= 0.6 is 0 Å². The summed E-state index contributed by atoms with van der Waals surface area (Å²) in [5, 5.41) is 3.56. The first-order valence-electron chi connectivity index (χ1n) is 8.79. The van der Waals surface area contributed by atoms with Crippen LogP contribution in [0.2, 0.25) is 0 Å². The molecule has 2 heteroatoms. The fourth-order valence-corrected chi connectivity index (χ4v) is 4.00. The van der Waals surface area contributed by atoms with Crippen LogP contribution in [0.15, 0.2) is 18.2 Å². The summed E-state index contributed by atoms with van der Waals surface area (Å²) < 4.78 is 0. The van der Waals surface area contributed by atoms with Gasteiger partial charge in [-0.3, -0.25) is 0 Å². The van der Waals surface area contributed by atoms with Gasteiger partial charge in [-0.1, -0.05) is 24.6 Å². The summed E-state index contributed by atoms with van der Waals surface area (Å²) in [7, 11) is 0. The van der Waals surface area contributed by atoms with Gasteiger partial charge >= 0.3 is 0 Å². The van der Waals surface area contributed by atoms with Crippen LogP contribution in [0.4, 0.5) is 5.69 Å². The van der Waals surface area contributed by atoms with Gasteiger partial charge in [0.2, 0.25) is 0 Å². The number of anilines is 1. The van der Waals surface area contributed by atoms with E-state index < -0.39 is 0 Å². The first-order valence-corrected chi connectivity index (χ1v) is 8.79. The van der Waals surface area contributed by atoms with Crippen molar-refractivity contribution in [2.75, 3.05) is 31.1 Å². The van der Waals surface area contributed by atoms with Gasteiger partial charge in [0.1, 0.15) is 0 Å². The van der Waals surface area contributed by atoms with Crippen molar-refractivity contribution in [3.05, 3.63) is 29.3 Å².